The Balaban J connectivity index is 1.69. The minimum Gasteiger partial charge on any atom is -0.461 e. The molecule has 0 saturated heterocycles. The van der Waals surface area contributed by atoms with E-state index in [1.165, 1.54) is 0 Å². The van der Waals surface area contributed by atoms with Crippen LogP contribution in [0, 0.1) is 5.41 Å². The summed E-state index contributed by atoms with van der Waals surface area (Å²) < 4.78 is 6.18. The summed E-state index contributed by atoms with van der Waals surface area (Å²) in [4.78, 5) is 28.0. The van der Waals surface area contributed by atoms with E-state index in [0.29, 0.717) is 25.1 Å². The van der Waals surface area contributed by atoms with Crippen molar-refractivity contribution < 1.29 is 14.3 Å². The van der Waals surface area contributed by atoms with Crippen molar-refractivity contribution >= 4 is 22.6 Å². The van der Waals surface area contributed by atoms with Gasteiger partial charge in [-0.05, 0) is 29.5 Å². The molecule has 5 rings (SSSR count). The first-order valence-electron chi connectivity index (χ1n) is 8.81. The van der Waals surface area contributed by atoms with Gasteiger partial charge in [-0.1, -0.05) is 13.8 Å². The Hall–Kier alpha value is -2.56. The van der Waals surface area contributed by atoms with Crippen LogP contribution in [-0.4, -0.2) is 23.2 Å². The van der Waals surface area contributed by atoms with Crippen molar-refractivity contribution in [1.82, 2.24) is 10.3 Å². The number of ether oxygens (including phenoxy) is 1. The normalized spacial score (nSPS) is 21.4. The number of carbonyl (C=O) groups is 2. The van der Waals surface area contributed by atoms with Crippen LogP contribution in [0.1, 0.15) is 48.3 Å². The molecule has 0 bridgehead atoms. The third-order valence-electron chi connectivity index (χ3n) is 5.56. The van der Waals surface area contributed by atoms with Crippen molar-refractivity contribution in [3.8, 4) is 5.75 Å². The van der Waals surface area contributed by atoms with Crippen LogP contribution in [0.5, 0.6) is 5.75 Å². The molecule has 3 heterocycles. The first-order chi connectivity index (χ1) is 11.9. The fourth-order valence-corrected chi connectivity index (χ4v) is 4.42. The van der Waals surface area contributed by atoms with E-state index in [2.05, 4.69) is 24.1 Å². The summed E-state index contributed by atoms with van der Waals surface area (Å²) in [6.45, 7) is 4.86. The molecule has 5 nitrogen and oxygen atoms in total. The summed E-state index contributed by atoms with van der Waals surface area (Å²) in [5, 5.41) is 3.94. The van der Waals surface area contributed by atoms with Crippen molar-refractivity contribution in [3.63, 3.8) is 0 Å². The monoisotopic (exact) mass is 336 g/mol. The topological polar surface area (TPSA) is 71.2 Å². The highest BCUT2D eigenvalue weighted by atomic mass is 16.5. The van der Waals surface area contributed by atoms with Gasteiger partial charge in [-0.2, -0.15) is 0 Å². The molecule has 3 aliphatic rings. The molecule has 2 aromatic rings. The maximum absolute atomic E-state index is 12.7. The zero-order valence-electron chi connectivity index (χ0n) is 14.4. The summed E-state index contributed by atoms with van der Waals surface area (Å²) in [5.41, 5.74) is 4.43. The molecule has 1 amide bonds. The minimum atomic E-state index is -0.0571. The van der Waals surface area contributed by atoms with Gasteiger partial charge >= 0.3 is 0 Å². The second kappa shape index (κ2) is 4.75. The fourth-order valence-electron chi connectivity index (χ4n) is 4.42. The molecule has 0 atom stereocenters. The van der Waals surface area contributed by atoms with E-state index >= 15 is 0 Å². The molecule has 2 N–H and O–H groups in total. The number of H-pyrrole nitrogens is 1. The molecule has 1 aromatic heterocycles. The van der Waals surface area contributed by atoms with E-state index in [1.807, 2.05) is 12.1 Å². The maximum atomic E-state index is 12.7. The first kappa shape index (κ1) is 14.8. The lowest BCUT2D eigenvalue weighted by atomic mass is 9.74. The van der Waals surface area contributed by atoms with E-state index in [-0.39, 0.29) is 17.1 Å². The number of allylic oxidation sites excluding steroid dienone is 2. The molecule has 128 valence electrons. The Morgan fingerprint density at radius 3 is 2.80 bits per heavy atom. The number of ketones is 1. The molecule has 0 saturated carbocycles. The maximum Gasteiger partial charge on any atom is 0.268 e. The van der Waals surface area contributed by atoms with Gasteiger partial charge in [-0.15, -0.1) is 0 Å². The Kier molecular flexibility index (Phi) is 2.80. The molecule has 0 fully saturated rings. The van der Waals surface area contributed by atoms with E-state index in [4.69, 9.17) is 4.74 Å². The molecule has 1 aliphatic carbocycles. The Morgan fingerprint density at radius 2 is 1.96 bits per heavy atom. The predicted octanol–water partition coefficient (Wildman–Crippen LogP) is 3.03. The van der Waals surface area contributed by atoms with Crippen LogP contribution in [0.15, 0.2) is 23.5 Å². The molecule has 0 unspecified atom stereocenters. The van der Waals surface area contributed by atoms with Crippen LogP contribution < -0.4 is 10.1 Å². The van der Waals surface area contributed by atoms with E-state index < -0.39 is 0 Å². The van der Waals surface area contributed by atoms with Gasteiger partial charge < -0.3 is 15.0 Å². The molecule has 25 heavy (non-hydrogen) atoms. The number of benzene rings is 1. The highest BCUT2D eigenvalue weighted by Gasteiger charge is 2.37. The molecule has 5 heteroatoms. The van der Waals surface area contributed by atoms with Gasteiger partial charge in [0.1, 0.15) is 17.2 Å². The quantitative estimate of drug-likeness (QED) is 0.777. The van der Waals surface area contributed by atoms with Crippen LogP contribution >= 0.6 is 0 Å². The van der Waals surface area contributed by atoms with Crippen LogP contribution in [-0.2, 0) is 17.6 Å². The number of rotatable bonds is 0. The summed E-state index contributed by atoms with van der Waals surface area (Å²) >= 11 is 0. The summed E-state index contributed by atoms with van der Waals surface area (Å²) in [6, 6.07) is 3.93. The average molecular weight is 336 g/mol. The zero-order valence-corrected chi connectivity index (χ0v) is 14.4. The second-order valence-corrected chi connectivity index (χ2v) is 8.07. The number of fused-ring (bicyclic) bond motifs is 5. The van der Waals surface area contributed by atoms with Gasteiger partial charge in [0.2, 0.25) is 0 Å². The van der Waals surface area contributed by atoms with Crippen molar-refractivity contribution in [2.75, 3.05) is 6.54 Å². The Morgan fingerprint density at radius 1 is 1.12 bits per heavy atom. The third-order valence-corrected chi connectivity index (χ3v) is 5.56. The number of nitrogens with one attached hydrogen (secondary N) is 2. The van der Waals surface area contributed by atoms with Crippen LogP contribution in [0.3, 0.4) is 0 Å². The van der Waals surface area contributed by atoms with Gasteiger partial charge in [0.25, 0.3) is 5.91 Å². The van der Waals surface area contributed by atoms with Crippen molar-refractivity contribution in [2.45, 2.75) is 39.5 Å². The summed E-state index contributed by atoms with van der Waals surface area (Å²) in [6.07, 6.45) is 2.75. The fraction of sp³-hybridized carbons (Fsp3) is 0.400. The van der Waals surface area contributed by atoms with Gasteiger partial charge in [-0.3, -0.25) is 9.59 Å². The predicted molar refractivity (Wildman–Crippen MR) is 93.7 cm³/mol. The minimum absolute atomic E-state index is 0.0527. The number of aromatic amines is 1. The van der Waals surface area contributed by atoms with Crippen molar-refractivity contribution in [3.05, 3.63) is 40.3 Å². The molecule has 0 spiro atoms. The lowest BCUT2D eigenvalue weighted by molar-refractivity contribution is -0.118. The van der Waals surface area contributed by atoms with Gasteiger partial charge in [-0.25, -0.2) is 0 Å². The molecule has 2 aliphatic heterocycles. The van der Waals surface area contributed by atoms with E-state index in [9.17, 15) is 9.59 Å². The number of amides is 1. The SMILES string of the molecule is CC1(C)CC(=O)C2=C(C1)Oc1ccc3[nH]c4c(c3c1C2)CCNC4=O. The van der Waals surface area contributed by atoms with Crippen molar-refractivity contribution in [2.24, 2.45) is 5.41 Å². The second-order valence-electron chi connectivity index (χ2n) is 8.07. The number of aromatic nitrogens is 1. The zero-order chi connectivity index (χ0) is 17.3. The van der Waals surface area contributed by atoms with Gasteiger partial charge in [0.05, 0.1) is 0 Å². The van der Waals surface area contributed by atoms with Gasteiger partial charge in [0, 0.05) is 47.8 Å². The van der Waals surface area contributed by atoms with Crippen LogP contribution in [0.2, 0.25) is 0 Å². The molecular formula is C20H20N2O3. The summed E-state index contributed by atoms with van der Waals surface area (Å²) in [5.74, 6) is 1.79. The number of Topliss-reactive ketones (excluding diaryl/α,β-unsaturated/α-hetero) is 1. The van der Waals surface area contributed by atoms with Crippen molar-refractivity contribution in [1.29, 1.82) is 0 Å². The van der Waals surface area contributed by atoms with Gasteiger partial charge in [0.15, 0.2) is 5.78 Å². The van der Waals surface area contributed by atoms with Crippen LogP contribution in [0.25, 0.3) is 10.9 Å². The smallest absolute Gasteiger partial charge is 0.268 e. The number of carbonyl (C=O) groups excluding carboxylic acids is 2. The third kappa shape index (κ3) is 2.08. The van der Waals surface area contributed by atoms with E-state index in [0.717, 1.165) is 52.0 Å². The summed E-state index contributed by atoms with van der Waals surface area (Å²) in [7, 11) is 0. The lowest BCUT2D eigenvalue weighted by Gasteiger charge is -2.34. The first-order valence-corrected chi connectivity index (χ1v) is 8.81. The molecule has 0 radical (unpaired) electrons. The molecule has 1 aromatic carbocycles. The molecular weight excluding hydrogens is 316 g/mol. The highest BCUT2D eigenvalue weighted by Crippen LogP contribution is 2.45. The number of hydrogen-bond acceptors (Lipinski definition) is 3. The lowest BCUT2D eigenvalue weighted by Crippen LogP contribution is -2.32. The highest BCUT2D eigenvalue weighted by molar-refractivity contribution is 6.05. The Labute approximate surface area is 145 Å². The number of hydrogen-bond donors (Lipinski definition) is 2. The largest absolute Gasteiger partial charge is 0.461 e. The standard InChI is InChI=1S/C20H20N2O3/c1-20(2)8-14(23)11-7-12-15(25-16(11)9-20)4-3-13-17(12)10-5-6-21-19(24)18(10)22-13/h3-4,22H,5-9H2,1-2H3,(H,21,24). The Bertz CT molecular complexity index is 994. The van der Waals surface area contributed by atoms with E-state index in [1.54, 1.807) is 0 Å². The van der Waals surface area contributed by atoms with Crippen LogP contribution in [0.4, 0.5) is 0 Å². The average Bonchev–Trinajstić information content (AvgIpc) is 2.93.